The second-order valence-corrected chi connectivity index (χ2v) is 5.12. The summed E-state index contributed by atoms with van der Waals surface area (Å²) in [6, 6.07) is 11.9. The van der Waals surface area contributed by atoms with Crippen LogP contribution in [0.4, 0.5) is 37.7 Å². The number of hydrogen-bond donors (Lipinski definition) is 1. The molecule has 2 nitrogen and oxygen atoms in total. The van der Waals surface area contributed by atoms with Crippen LogP contribution in [-0.4, -0.2) is 24.5 Å². The highest BCUT2D eigenvalue weighted by Crippen LogP contribution is 2.52. The summed E-state index contributed by atoms with van der Waals surface area (Å²) in [4.78, 5) is 1.15. The molecule has 0 amide bonds. The van der Waals surface area contributed by atoms with Crippen molar-refractivity contribution in [1.82, 2.24) is 0 Å². The lowest BCUT2D eigenvalue weighted by Crippen LogP contribution is -2.54. The third-order valence-corrected chi connectivity index (χ3v) is 3.62. The van der Waals surface area contributed by atoms with E-state index in [-0.39, 0.29) is 0 Å². The maximum absolute atomic E-state index is 13.1. The van der Waals surface area contributed by atoms with Gasteiger partial charge in [-0.25, -0.2) is 0 Å². The van der Waals surface area contributed by atoms with Gasteiger partial charge in [-0.15, -0.1) is 0 Å². The van der Waals surface area contributed by atoms with E-state index in [1.54, 1.807) is 18.2 Å². The number of anilines is 2. The molecule has 0 aliphatic rings. The molecule has 24 heavy (non-hydrogen) atoms. The molecule has 130 valence electrons. The highest BCUT2D eigenvalue weighted by atomic mass is 19.4. The number of benzene rings is 2. The normalized spacial score (nSPS) is 13.0. The number of alkyl halides is 6. The Kier molecular flexibility index (Phi) is 4.54. The molecular weight excluding hydrogens is 336 g/mol. The highest BCUT2D eigenvalue weighted by Gasteiger charge is 2.72. The van der Waals surface area contributed by atoms with Crippen LogP contribution < -0.4 is 4.90 Å². The number of halogens is 6. The molecule has 2 aromatic carbocycles. The fourth-order valence-electron chi connectivity index (χ4n) is 2.33. The van der Waals surface area contributed by atoms with Crippen LogP contribution in [0.2, 0.25) is 0 Å². The van der Waals surface area contributed by atoms with E-state index in [1.807, 2.05) is 0 Å². The van der Waals surface area contributed by atoms with Crippen molar-refractivity contribution in [3.63, 3.8) is 0 Å². The first kappa shape index (κ1) is 18.1. The molecule has 0 saturated heterocycles. The summed E-state index contributed by atoms with van der Waals surface area (Å²) >= 11 is 0. The maximum atomic E-state index is 13.1. The minimum absolute atomic E-state index is 0.372. The van der Waals surface area contributed by atoms with E-state index in [4.69, 9.17) is 0 Å². The van der Waals surface area contributed by atoms with E-state index in [0.717, 1.165) is 17.0 Å². The number of rotatable bonds is 3. The van der Waals surface area contributed by atoms with Gasteiger partial charge in [0.15, 0.2) is 0 Å². The van der Waals surface area contributed by atoms with E-state index in [0.29, 0.717) is 11.8 Å². The predicted octanol–water partition coefficient (Wildman–Crippen LogP) is 4.77. The number of nitrogens with zero attached hydrogens (tertiary/aromatic N) is 1. The van der Waals surface area contributed by atoms with Gasteiger partial charge < -0.3 is 10.0 Å². The summed E-state index contributed by atoms with van der Waals surface area (Å²) in [5.74, 6) is 0. The van der Waals surface area contributed by atoms with Crippen LogP contribution in [0.1, 0.15) is 5.56 Å². The first-order valence-electron chi connectivity index (χ1n) is 6.74. The van der Waals surface area contributed by atoms with Gasteiger partial charge in [-0.2, -0.15) is 26.3 Å². The van der Waals surface area contributed by atoms with Crippen LogP contribution in [0.3, 0.4) is 0 Å². The zero-order valence-electron chi connectivity index (χ0n) is 12.4. The second kappa shape index (κ2) is 6.01. The Morgan fingerprint density at radius 1 is 0.750 bits per heavy atom. The Labute approximate surface area is 133 Å². The van der Waals surface area contributed by atoms with Crippen molar-refractivity contribution in [3.05, 3.63) is 60.2 Å². The van der Waals surface area contributed by atoms with Gasteiger partial charge in [0.25, 0.3) is 5.60 Å². The Bertz CT molecular complexity index is 682. The summed E-state index contributed by atoms with van der Waals surface area (Å²) in [6.45, 7) is 0. The molecule has 2 aromatic rings. The molecule has 0 aliphatic heterocycles. The molecule has 0 unspecified atom stereocenters. The number of aliphatic hydroxyl groups is 1. The second-order valence-electron chi connectivity index (χ2n) is 5.12. The molecule has 0 heterocycles. The van der Waals surface area contributed by atoms with E-state index in [1.165, 1.54) is 25.2 Å². The molecule has 2 rings (SSSR count). The smallest absolute Gasteiger partial charge is 0.369 e. The van der Waals surface area contributed by atoms with E-state index >= 15 is 0 Å². The SMILES string of the molecule is CN(c1ccccc1)c1ccccc1C(O)(C(F)(F)F)C(F)(F)F. The van der Waals surface area contributed by atoms with Crippen molar-refractivity contribution in [1.29, 1.82) is 0 Å². The van der Waals surface area contributed by atoms with E-state index in [2.05, 4.69) is 0 Å². The summed E-state index contributed by atoms with van der Waals surface area (Å²) in [7, 11) is 1.32. The fraction of sp³-hybridized carbons (Fsp3) is 0.250. The van der Waals surface area contributed by atoms with Gasteiger partial charge in [-0.3, -0.25) is 0 Å². The van der Waals surface area contributed by atoms with Crippen LogP contribution in [-0.2, 0) is 5.60 Å². The molecule has 0 fully saturated rings. The van der Waals surface area contributed by atoms with Crippen LogP contribution in [0.15, 0.2) is 54.6 Å². The number of para-hydroxylation sites is 2. The van der Waals surface area contributed by atoms with Crippen LogP contribution in [0.5, 0.6) is 0 Å². The summed E-state index contributed by atoms with van der Waals surface area (Å²) < 4.78 is 78.9. The zero-order chi connectivity index (χ0) is 18.2. The van der Waals surface area contributed by atoms with E-state index in [9.17, 15) is 31.4 Å². The Morgan fingerprint density at radius 2 is 1.21 bits per heavy atom. The third-order valence-electron chi connectivity index (χ3n) is 3.62. The van der Waals surface area contributed by atoms with Crippen molar-refractivity contribution in [2.45, 2.75) is 18.0 Å². The Balaban J connectivity index is 2.68. The Morgan fingerprint density at radius 3 is 1.71 bits per heavy atom. The lowest BCUT2D eigenvalue weighted by Gasteiger charge is -2.35. The van der Waals surface area contributed by atoms with Gasteiger partial charge >= 0.3 is 12.4 Å². The van der Waals surface area contributed by atoms with Gasteiger partial charge in [0, 0.05) is 24.0 Å². The lowest BCUT2D eigenvalue weighted by molar-refractivity contribution is -0.376. The first-order chi connectivity index (χ1) is 11.0. The fourth-order valence-corrected chi connectivity index (χ4v) is 2.33. The maximum Gasteiger partial charge on any atom is 0.430 e. The third kappa shape index (κ3) is 2.93. The van der Waals surface area contributed by atoms with Gasteiger partial charge in [0.05, 0.1) is 0 Å². The van der Waals surface area contributed by atoms with E-state index < -0.39 is 29.2 Å². The lowest BCUT2D eigenvalue weighted by atomic mass is 9.90. The van der Waals surface area contributed by atoms with Crippen molar-refractivity contribution >= 4 is 11.4 Å². The molecule has 0 bridgehead atoms. The highest BCUT2D eigenvalue weighted by molar-refractivity contribution is 5.67. The summed E-state index contributed by atoms with van der Waals surface area (Å²) in [5, 5.41) is 9.66. The molecule has 8 heteroatoms. The van der Waals surface area contributed by atoms with Gasteiger partial charge in [-0.1, -0.05) is 36.4 Å². The Hall–Kier alpha value is -2.22. The van der Waals surface area contributed by atoms with Crippen molar-refractivity contribution in [2.24, 2.45) is 0 Å². The average molecular weight is 349 g/mol. The molecule has 0 spiro atoms. The molecule has 0 atom stereocenters. The molecule has 0 aromatic heterocycles. The molecular formula is C16H13F6NO. The van der Waals surface area contributed by atoms with Crippen LogP contribution in [0.25, 0.3) is 0 Å². The largest absolute Gasteiger partial charge is 0.430 e. The van der Waals surface area contributed by atoms with Gasteiger partial charge in [-0.05, 0) is 18.2 Å². The molecule has 0 radical (unpaired) electrons. The molecule has 0 saturated carbocycles. The van der Waals surface area contributed by atoms with Gasteiger partial charge in [0.1, 0.15) is 0 Å². The first-order valence-corrected chi connectivity index (χ1v) is 6.74. The van der Waals surface area contributed by atoms with Crippen molar-refractivity contribution in [3.8, 4) is 0 Å². The van der Waals surface area contributed by atoms with Crippen molar-refractivity contribution in [2.75, 3.05) is 11.9 Å². The van der Waals surface area contributed by atoms with Gasteiger partial charge in [0.2, 0.25) is 0 Å². The van der Waals surface area contributed by atoms with Crippen molar-refractivity contribution < 1.29 is 31.4 Å². The molecule has 0 aliphatic carbocycles. The topological polar surface area (TPSA) is 23.5 Å². The zero-order valence-corrected chi connectivity index (χ0v) is 12.4. The predicted molar refractivity (Wildman–Crippen MR) is 77.0 cm³/mol. The van der Waals surface area contributed by atoms with Crippen LogP contribution in [0, 0.1) is 0 Å². The number of hydrogen-bond acceptors (Lipinski definition) is 2. The summed E-state index contributed by atoms with van der Waals surface area (Å²) in [5.41, 5.74) is -6.28. The monoisotopic (exact) mass is 349 g/mol. The minimum atomic E-state index is -5.93. The standard InChI is InChI=1S/C16H13F6NO/c1-23(11-7-3-2-4-8-11)13-10-6-5-9-12(13)14(24,15(17,18)19)16(20,21)22/h2-10,24H,1H3. The van der Waals surface area contributed by atoms with Crippen LogP contribution >= 0.6 is 0 Å². The molecule has 1 N–H and O–H groups in total. The quantitative estimate of drug-likeness (QED) is 0.807. The minimum Gasteiger partial charge on any atom is -0.369 e. The summed E-state index contributed by atoms with van der Waals surface area (Å²) in [6.07, 6.45) is -11.9. The average Bonchev–Trinajstić information content (AvgIpc) is 2.52.